The normalized spacial score (nSPS) is 12.3. The van der Waals surface area contributed by atoms with Gasteiger partial charge in [-0.2, -0.15) is 0 Å². The van der Waals surface area contributed by atoms with Gasteiger partial charge in [-0.1, -0.05) is 29.8 Å². The third kappa shape index (κ3) is 1.76. The fourth-order valence-electron chi connectivity index (χ4n) is 1.87. The molecule has 1 aromatic carbocycles. The van der Waals surface area contributed by atoms with Crippen molar-refractivity contribution >= 4 is 27.0 Å². The summed E-state index contributed by atoms with van der Waals surface area (Å²) in [5, 5.41) is 0. The molecule has 0 bridgehead atoms. The van der Waals surface area contributed by atoms with Gasteiger partial charge in [-0.3, -0.25) is 0 Å². The average Bonchev–Trinajstić information content (AvgIpc) is 2.56. The molecule has 0 atom stereocenters. The van der Waals surface area contributed by atoms with Crippen molar-refractivity contribution in [1.29, 1.82) is 0 Å². The molecular weight excluding hydrogens is 266 g/mol. The van der Waals surface area contributed by atoms with Crippen LogP contribution < -0.4 is 5.73 Å². The number of hydrogen-bond donors (Lipinski definition) is 1. The molecule has 86 valence electrons. The van der Waals surface area contributed by atoms with E-state index in [1.54, 1.807) is 0 Å². The minimum Gasteiger partial charge on any atom is -0.331 e. The first-order chi connectivity index (χ1) is 7.45. The molecule has 0 saturated heterocycles. The smallest absolute Gasteiger partial charge is 0.116 e. The molecule has 0 aliphatic heterocycles. The molecule has 2 rings (SSSR count). The first kappa shape index (κ1) is 11.6. The predicted octanol–water partition coefficient (Wildman–Crippen LogP) is 2.57. The van der Waals surface area contributed by atoms with E-state index in [0.717, 1.165) is 21.3 Å². The Bertz CT molecular complexity index is 528. The minimum absolute atomic E-state index is 0.0970. The number of rotatable bonds is 2. The Labute approximate surface area is 104 Å². The zero-order chi connectivity index (χ0) is 11.9. The lowest BCUT2D eigenvalue weighted by atomic mass is 9.93. The van der Waals surface area contributed by atoms with Crippen LogP contribution in [0.2, 0.25) is 0 Å². The second-order valence-corrected chi connectivity index (χ2v) is 5.63. The number of nitrogens with zero attached hydrogens (tertiary/aromatic N) is 2. The van der Waals surface area contributed by atoms with Crippen LogP contribution >= 0.6 is 15.9 Å². The molecular formula is C12H16BrN3. The maximum atomic E-state index is 5.80. The third-order valence-electron chi connectivity index (χ3n) is 2.96. The van der Waals surface area contributed by atoms with Gasteiger partial charge in [0.25, 0.3) is 0 Å². The van der Waals surface area contributed by atoms with Crippen LogP contribution in [0.4, 0.5) is 0 Å². The highest BCUT2D eigenvalue weighted by Gasteiger charge is 2.24. The number of benzene rings is 1. The van der Waals surface area contributed by atoms with Gasteiger partial charge in [0.1, 0.15) is 5.82 Å². The second kappa shape index (κ2) is 3.86. The third-order valence-corrected chi connectivity index (χ3v) is 3.45. The van der Waals surface area contributed by atoms with E-state index in [9.17, 15) is 0 Å². The topological polar surface area (TPSA) is 43.8 Å². The van der Waals surface area contributed by atoms with E-state index in [2.05, 4.69) is 45.4 Å². The number of halogens is 1. The van der Waals surface area contributed by atoms with E-state index < -0.39 is 0 Å². The Kier molecular flexibility index (Phi) is 2.80. The standard InChI is InChI=1S/C12H16BrN3/c1-12(2,7-14)11-15-9-6-8(13)4-5-10(9)16(11)3/h4-6H,7,14H2,1-3H3. The van der Waals surface area contributed by atoms with E-state index in [-0.39, 0.29) is 5.41 Å². The Balaban J connectivity index is 2.69. The summed E-state index contributed by atoms with van der Waals surface area (Å²) >= 11 is 3.46. The van der Waals surface area contributed by atoms with Crippen LogP contribution in [0.5, 0.6) is 0 Å². The van der Waals surface area contributed by atoms with Gasteiger partial charge >= 0.3 is 0 Å². The van der Waals surface area contributed by atoms with Crippen molar-refractivity contribution in [2.45, 2.75) is 19.3 Å². The number of imidazole rings is 1. The molecule has 16 heavy (non-hydrogen) atoms. The van der Waals surface area contributed by atoms with Gasteiger partial charge in [0.15, 0.2) is 0 Å². The van der Waals surface area contributed by atoms with E-state index in [1.165, 1.54) is 0 Å². The van der Waals surface area contributed by atoms with E-state index in [4.69, 9.17) is 5.73 Å². The zero-order valence-electron chi connectivity index (χ0n) is 9.79. The monoisotopic (exact) mass is 281 g/mol. The highest BCUT2D eigenvalue weighted by molar-refractivity contribution is 9.10. The molecule has 3 nitrogen and oxygen atoms in total. The maximum absolute atomic E-state index is 5.80. The van der Waals surface area contributed by atoms with Crippen molar-refractivity contribution in [1.82, 2.24) is 9.55 Å². The van der Waals surface area contributed by atoms with Crippen LogP contribution in [0.15, 0.2) is 22.7 Å². The first-order valence-corrected chi connectivity index (χ1v) is 6.07. The largest absolute Gasteiger partial charge is 0.331 e. The van der Waals surface area contributed by atoms with Gasteiger partial charge in [-0.05, 0) is 18.2 Å². The molecule has 1 heterocycles. The van der Waals surface area contributed by atoms with Gasteiger partial charge < -0.3 is 10.3 Å². The minimum atomic E-state index is -0.0970. The van der Waals surface area contributed by atoms with E-state index in [0.29, 0.717) is 6.54 Å². The zero-order valence-corrected chi connectivity index (χ0v) is 11.4. The average molecular weight is 282 g/mol. The Hall–Kier alpha value is -0.870. The highest BCUT2D eigenvalue weighted by Crippen LogP contribution is 2.26. The summed E-state index contributed by atoms with van der Waals surface area (Å²) in [7, 11) is 2.04. The lowest BCUT2D eigenvalue weighted by Gasteiger charge is -2.21. The van der Waals surface area contributed by atoms with Crippen LogP contribution in [0.25, 0.3) is 11.0 Å². The van der Waals surface area contributed by atoms with Gasteiger partial charge in [-0.25, -0.2) is 4.98 Å². The van der Waals surface area contributed by atoms with Crippen LogP contribution in [0.1, 0.15) is 19.7 Å². The fraction of sp³-hybridized carbons (Fsp3) is 0.417. The fourth-order valence-corrected chi connectivity index (χ4v) is 2.22. The summed E-state index contributed by atoms with van der Waals surface area (Å²) < 4.78 is 3.17. The van der Waals surface area contributed by atoms with Gasteiger partial charge in [0.2, 0.25) is 0 Å². The first-order valence-electron chi connectivity index (χ1n) is 5.28. The van der Waals surface area contributed by atoms with Gasteiger partial charge in [-0.15, -0.1) is 0 Å². The number of aryl methyl sites for hydroxylation is 1. The van der Waals surface area contributed by atoms with Gasteiger partial charge in [0.05, 0.1) is 11.0 Å². The Morgan fingerprint density at radius 3 is 2.75 bits per heavy atom. The van der Waals surface area contributed by atoms with E-state index in [1.807, 2.05) is 19.2 Å². The molecule has 0 aliphatic carbocycles. The summed E-state index contributed by atoms with van der Waals surface area (Å²) in [4.78, 5) is 4.67. The van der Waals surface area contributed by atoms with Crippen molar-refractivity contribution in [2.75, 3.05) is 6.54 Å². The summed E-state index contributed by atoms with van der Waals surface area (Å²) in [5.41, 5.74) is 7.85. The SMILES string of the molecule is Cn1c(C(C)(C)CN)nc2cc(Br)ccc21. The van der Waals surface area contributed by atoms with Crippen LogP contribution in [0.3, 0.4) is 0 Å². The quantitative estimate of drug-likeness (QED) is 0.920. The molecule has 4 heteroatoms. The highest BCUT2D eigenvalue weighted by atomic mass is 79.9. The van der Waals surface area contributed by atoms with E-state index >= 15 is 0 Å². The summed E-state index contributed by atoms with van der Waals surface area (Å²) in [5.74, 6) is 1.03. The van der Waals surface area contributed by atoms with Crippen molar-refractivity contribution in [2.24, 2.45) is 12.8 Å². The Morgan fingerprint density at radius 1 is 1.44 bits per heavy atom. The van der Waals surface area contributed by atoms with Crippen molar-refractivity contribution in [3.05, 3.63) is 28.5 Å². The number of nitrogens with two attached hydrogens (primary N) is 1. The lowest BCUT2D eigenvalue weighted by Crippen LogP contribution is -2.31. The molecule has 0 spiro atoms. The lowest BCUT2D eigenvalue weighted by molar-refractivity contribution is 0.487. The number of hydrogen-bond acceptors (Lipinski definition) is 2. The van der Waals surface area contributed by atoms with Gasteiger partial charge in [0, 0.05) is 23.5 Å². The molecule has 0 saturated carbocycles. The summed E-state index contributed by atoms with van der Waals surface area (Å²) in [6.45, 7) is 4.82. The molecule has 2 N–H and O–H groups in total. The number of aromatic nitrogens is 2. The van der Waals surface area contributed by atoms with Crippen molar-refractivity contribution in [3.63, 3.8) is 0 Å². The molecule has 0 fully saturated rings. The van der Waals surface area contributed by atoms with Crippen LogP contribution in [-0.2, 0) is 12.5 Å². The molecule has 0 radical (unpaired) electrons. The molecule has 1 aromatic heterocycles. The predicted molar refractivity (Wildman–Crippen MR) is 70.5 cm³/mol. The van der Waals surface area contributed by atoms with Crippen LogP contribution in [0, 0.1) is 0 Å². The van der Waals surface area contributed by atoms with Crippen molar-refractivity contribution < 1.29 is 0 Å². The maximum Gasteiger partial charge on any atom is 0.116 e. The summed E-state index contributed by atoms with van der Waals surface area (Å²) in [6.07, 6.45) is 0. The molecule has 0 aliphatic rings. The van der Waals surface area contributed by atoms with Crippen LogP contribution in [-0.4, -0.2) is 16.1 Å². The Morgan fingerprint density at radius 2 is 2.12 bits per heavy atom. The second-order valence-electron chi connectivity index (χ2n) is 4.72. The summed E-state index contributed by atoms with van der Waals surface area (Å²) in [6, 6.07) is 6.14. The van der Waals surface area contributed by atoms with Crippen molar-refractivity contribution in [3.8, 4) is 0 Å². The molecule has 0 amide bonds. The number of fused-ring (bicyclic) bond motifs is 1. The molecule has 0 unspecified atom stereocenters. The molecule has 2 aromatic rings.